The number of methoxy groups -OCH3 is 1. The molecule has 0 bridgehead atoms. The van der Waals surface area contributed by atoms with E-state index in [4.69, 9.17) is 9.84 Å². The van der Waals surface area contributed by atoms with Crippen LogP contribution in [-0.4, -0.2) is 31.3 Å². The van der Waals surface area contributed by atoms with E-state index in [1.807, 2.05) is 11.9 Å². The van der Waals surface area contributed by atoms with Gasteiger partial charge in [-0.3, -0.25) is 0 Å². The predicted molar refractivity (Wildman–Crippen MR) is 61.4 cm³/mol. The van der Waals surface area contributed by atoms with Gasteiger partial charge < -0.3 is 14.7 Å². The highest BCUT2D eigenvalue weighted by atomic mass is 16.5. The molecule has 0 aliphatic heterocycles. The maximum atomic E-state index is 11.1. The van der Waals surface area contributed by atoms with E-state index in [0.29, 0.717) is 17.4 Å². The summed E-state index contributed by atoms with van der Waals surface area (Å²) in [5.41, 5.74) is 1.06. The number of anilines is 1. The largest absolute Gasteiger partial charge is 0.497 e. The molecular weight excluding hydrogens is 206 g/mol. The minimum atomic E-state index is -0.898. The molecule has 0 heterocycles. The third-order valence-electron chi connectivity index (χ3n) is 2.91. The van der Waals surface area contributed by atoms with Gasteiger partial charge in [0.25, 0.3) is 0 Å². The molecule has 86 valence electrons. The first kappa shape index (κ1) is 10.8. The van der Waals surface area contributed by atoms with Gasteiger partial charge in [0.05, 0.1) is 18.4 Å². The zero-order chi connectivity index (χ0) is 11.7. The van der Waals surface area contributed by atoms with Crippen molar-refractivity contribution in [2.75, 3.05) is 19.1 Å². The van der Waals surface area contributed by atoms with Crippen LogP contribution in [0.25, 0.3) is 0 Å². The van der Waals surface area contributed by atoms with Gasteiger partial charge in [-0.05, 0) is 25.0 Å². The van der Waals surface area contributed by atoms with Crippen molar-refractivity contribution in [2.24, 2.45) is 0 Å². The van der Waals surface area contributed by atoms with Crippen LogP contribution in [-0.2, 0) is 0 Å². The lowest BCUT2D eigenvalue weighted by molar-refractivity contribution is 0.0697. The van der Waals surface area contributed by atoms with E-state index in [-0.39, 0.29) is 0 Å². The van der Waals surface area contributed by atoms with Crippen LogP contribution in [0.2, 0.25) is 0 Å². The van der Waals surface area contributed by atoms with Gasteiger partial charge in [-0.15, -0.1) is 0 Å². The van der Waals surface area contributed by atoms with Crippen LogP contribution in [0.5, 0.6) is 5.75 Å². The van der Waals surface area contributed by atoms with E-state index < -0.39 is 5.97 Å². The van der Waals surface area contributed by atoms with Crippen molar-refractivity contribution in [2.45, 2.75) is 18.9 Å². The summed E-state index contributed by atoms with van der Waals surface area (Å²) in [6.45, 7) is 0. The summed E-state index contributed by atoms with van der Waals surface area (Å²) in [4.78, 5) is 13.1. The molecule has 2 rings (SSSR count). The van der Waals surface area contributed by atoms with Crippen LogP contribution < -0.4 is 9.64 Å². The number of nitrogens with zero attached hydrogens (tertiary/aromatic N) is 1. The number of ether oxygens (including phenoxy) is 1. The highest BCUT2D eigenvalue weighted by molar-refractivity contribution is 5.95. The monoisotopic (exact) mass is 221 g/mol. The number of rotatable bonds is 4. The van der Waals surface area contributed by atoms with Gasteiger partial charge in [0.1, 0.15) is 5.75 Å². The van der Waals surface area contributed by atoms with Crippen molar-refractivity contribution in [3.63, 3.8) is 0 Å². The molecule has 4 nitrogen and oxygen atoms in total. The van der Waals surface area contributed by atoms with E-state index in [2.05, 4.69) is 0 Å². The molecule has 1 N–H and O–H groups in total. The molecule has 0 amide bonds. The molecule has 1 aromatic rings. The average molecular weight is 221 g/mol. The number of aromatic carboxylic acids is 1. The molecule has 0 atom stereocenters. The van der Waals surface area contributed by atoms with E-state index in [0.717, 1.165) is 18.5 Å². The average Bonchev–Trinajstić information content (AvgIpc) is 3.11. The number of carboxylic acid groups (broad SMARTS) is 1. The quantitative estimate of drug-likeness (QED) is 0.844. The fourth-order valence-corrected chi connectivity index (χ4v) is 1.77. The Hall–Kier alpha value is -1.71. The summed E-state index contributed by atoms with van der Waals surface area (Å²) in [5.74, 6) is -0.211. The Morgan fingerprint density at radius 3 is 2.69 bits per heavy atom. The Bertz CT molecular complexity index is 413. The van der Waals surface area contributed by atoms with Crippen molar-refractivity contribution in [3.8, 4) is 5.75 Å². The minimum Gasteiger partial charge on any atom is -0.497 e. The summed E-state index contributed by atoms with van der Waals surface area (Å²) < 4.78 is 5.12. The fraction of sp³-hybridized carbons (Fsp3) is 0.417. The second-order valence-corrected chi connectivity index (χ2v) is 4.03. The first-order chi connectivity index (χ1) is 7.63. The lowest BCUT2D eigenvalue weighted by atomic mass is 10.1. The zero-order valence-corrected chi connectivity index (χ0v) is 9.43. The zero-order valence-electron chi connectivity index (χ0n) is 9.43. The first-order valence-corrected chi connectivity index (χ1v) is 5.27. The van der Waals surface area contributed by atoms with Crippen LogP contribution in [0.1, 0.15) is 23.2 Å². The van der Waals surface area contributed by atoms with E-state index in [9.17, 15) is 4.79 Å². The highest BCUT2D eigenvalue weighted by Crippen LogP contribution is 2.34. The third kappa shape index (κ3) is 1.96. The number of hydrogen-bond donors (Lipinski definition) is 1. The van der Waals surface area contributed by atoms with Crippen LogP contribution >= 0.6 is 0 Å². The SMILES string of the molecule is COc1ccc(C(=O)O)c(N(C)C2CC2)c1. The van der Waals surface area contributed by atoms with Crippen molar-refractivity contribution in [1.29, 1.82) is 0 Å². The molecule has 1 aliphatic carbocycles. The Kier molecular flexibility index (Phi) is 2.73. The third-order valence-corrected chi connectivity index (χ3v) is 2.91. The van der Waals surface area contributed by atoms with Gasteiger partial charge in [-0.25, -0.2) is 4.79 Å². The minimum absolute atomic E-state index is 0.329. The number of hydrogen-bond acceptors (Lipinski definition) is 3. The highest BCUT2D eigenvalue weighted by Gasteiger charge is 2.29. The second-order valence-electron chi connectivity index (χ2n) is 4.03. The smallest absolute Gasteiger partial charge is 0.337 e. The summed E-state index contributed by atoms with van der Waals surface area (Å²) in [5, 5.41) is 9.11. The van der Waals surface area contributed by atoms with E-state index in [1.165, 1.54) is 0 Å². The topological polar surface area (TPSA) is 49.8 Å². The first-order valence-electron chi connectivity index (χ1n) is 5.27. The Balaban J connectivity index is 2.40. The molecule has 0 radical (unpaired) electrons. The maximum Gasteiger partial charge on any atom is 0.337 e. The molecule has 0 aromatic heterocycles. The van der Waals surface area contributed by atoms with Crippen LogP contribution in [0.3, 0.4) is 0 Å². The van der Waals surface area contributed by atoms with Crippen molar-refractivity contribution in [1.82, 2.24) is 0 Å². The number of benzene rings is 1. The summed E-state index contributed by atoms with van der Waals surface area (Å²) in [7, 11) is 3.51. The second kappa shape index (κ2) is 4.04. The molecule has 0 spiro atoms. The molecule has 0 unspecified atom stereocenters. The Morgan fingerprint density at radius 1 is 1.50 bits per heavy atom. The van der Waals surface area contributed by atoms with Gasteiger partial charge in [0.2, 0.25) is 0 Å². The van der Waals surface area contributed by atoms with E-state index in [1.54, 1.807) is 25.3 Å². The van der Waals surface area contributed by atoms with Gasteiger partial charge in [-0.2, -0.15) is 0 Å². The molecule has 1 aliphatic rings. The van der Waals surface area contributed by atoms with Crippen molar-refractivity contribution < 1.29 is 14.6 Å². The molecule has 0 saturated heterocycles. The summed E-state index contributed by atoms with van der Waals surface area (Å²) >= 11 is 0. The van der Waals surface area contributed by atoms with Crippen molar-refractivity contribution in [3.05, 3.63) is 23.8 Å². The van der Waals surface area contributed by atoms with E-state index >= 15 is 0 Å². The summed E-state index contributed by atoms with van der Waals surface area (Å²) in [6.07, 6.45) is 2.26. The molecule has 1 saturated carbocycles. The molecule has 1 fully saturated rings. The number of carbonyl (C=O) groups is 1. The van der Waals surface area contributed by atoms with Crippen LogP contribution in [0, 0.1) is 0 Å². The Labute approximate surface area is 94.4 Å². The summed E-state index contributed by atoms with van der Waals surface area (Å²) in [6, 6.07) is 5.52. The fourth-order valence-electron chi connectivity index (χ4n) is 1.77. The molecule has 1 aromatic carbocycles. The molecule has 4 heteroatoms. The van der Waals surface area contributed by atoms with Gasteiger partial charge >= 0.3 is 5.97 Å². The normalized spacial score (nSPS) is 14.6. The van der Waals surface area contributed by atoms with Crippen LogP contribution in [0.4, 0.5) is 5.69 Å². The molecular formula is C12H15NO3. The Morgan fingerprint density at radius 2 is 2.19 bits per heavy atom. The van der Waals surface area contributed by atoms with Gasteiger partial charge in [-0.1, -0.05) is 0 Å². The standard InChI is InChI=1S/C12H15NO3/c1-13(8-3-4-8)11-7-9(16-2)5-6-10(11)12(14)15/h5-8H,3-4H2,1-2H3,(H,14,15). The lowest BCUT2D eigenvalue weighted by Crippen LogP contribution is -2.22. The lowest BCUT2D eigenvalue weighted by Gasteiger charge is -2.21. The molecule has 16 heavy (non-hydrogen) atoms. The van der Waals surface area contributed by atoms with Gasteiger partial charge in [0, 0.05) is 19.2 Å². The van der Waals surface area contributed by atoms with Gasteiger partial charge in [0.15, 0.2) is 0 Å². The predicted octanol–water partition coefficient (Wildman–Crippen LogP) is 1.99. The maximum absolute atomic E-state index is 11.1. The van der Waals surface area contributed by atoms with Crippen LogP contribution in [0.15, 0.2) is 18.2 Å². The number of carboxylic acids is 1. The van der Waals surface area contributed by atoms with Crippen molar-refractivity contribution >= 4 is 11.7 Å².